The SMILES string of the molecule is CC(=O)NCC=Cc1ccc(O)c(OCc2ccccc2)c1. The molecule has 0 heterocycles. The standard InChI is InChI=1S/C18H19NO3/c1-14(20)19-11-5-8-15-9-10-17(21)18(12-15)22-13-16-6-3-2-4-7-16/h2-10,12,21H,11,13H2,1H3,(H,19,20). The molecule has 1 amide bonds. The van der Waals surface area contributed by atoms with E-state index in [1.807, 2.05) is 42.5 Å². The highest BCUT2D eigenvalue weighted by atomic mass is 16.5. The van der Waals surface area contributed by atoms with Gasteiger partial charge in [0, 0.05) is 13.5 Å². The molecule has 0 saturated heterocycles. The molecule has 0 unspecified atom stereocenters. The van der Waals surface area contributed by atoms with Gasteiger partial charge in [-0.3, -0.25) is 4.79 Å². The number of carbonyl (C=O) groups excluding carboxylic acids is 1. The summed E-state index contributed by atoms with van der Waals surface area (Å²) in [7, 11) is 0. The highest BCUT2D eigenvalue weighted by Crippen LogP contribution is 2.28. The van der Waals surface area contributed by atoms with Crippen LogP contribution in [0.3, 0.4) is 0 Å². The maximum Gasteiger partial charge on any atom is 0.217 e. The fourth-order valence-electron chi connectivity index (χ4n) is 1.88. The average Bonchev–Trinajstić information content (AvgIpc) is 2.52. The molecule has 4 heteroatoms. The number of phenolic OH excluding ortho intramolecular Hbond substituents is 1. The van der Waals surface area contributed by atoms with Crippen molar-refractivity contribution in [2.45, 2.75) is 13.5 Å². The molecule has 2 N–H and O–H groups in total. The van der Waals surface area contributed by atoms with Gasteiger partial charge in [0.2, 0.25) is 5.91 Å². The smallest absolute Gasteiger partial charge is 0.217 e. The van der Waals surface area contributed by atoms with Crippen LogP contribution in [-0.4, -0.2) is 17.6 Å². The predicted octanol–water partition coefficient (Wildman–Crippen LogP) is 3.12. The fraction of sp³-hybridized carbons (Fsp3) is 0.167. The molecule has 2 aromatic rings. The number of aromatic hydroxyl groups is 1. The van der Waals surface area contributed by atoms with Gasteiger partial charge < -0.3 is 15.2 Å². The van der Waals surface area contributed by atoms with Gasteiger partial charge >= 0.3 is 0 Å². The molecule has 0 aliphatic carbocycles. The van der Waals surface area contributed by atoms with Gasteiger partial charge in [0.25, 0.3) is 0 Å². The summed E-state index contributed by atoms with van der Waals surface area (Å²) < 4.78 is 5.65. The van der Waals surface area contributed by atoms with E-state index in [2.05, 4.69) is 5.32 Å². The zero-order valence-corrected chi connectivity index (χ0v) is 12.5. The van der Waals surface area contributed by atoms with E-state index in [0.29, 0.717) is 18.9 Å². The van der Waals surface area contributed by atoms with Gasteiger partial charge in [0.1, 0.15) is 6.61 Å². The van der Waals surface area contributed by atoms with Gasteiger partial charge in [-0.2, -0.15) is 0 Å². The van der Waals surface area contributed by atoms with Crippen LogP contribution in [0.1, 0.15) is 18.1 Å². The van der Waals surface area contributed by atoms with Crippen LogP contribution in [0.5, 0.6) is 11.5 Å². The zero-order chi connectivity index (χ0) is 15.8. The molecule has 4 nitrogen and oxygen atoms in total. The fourth-order valence-corrected chi connectivity index (χ4v) is 1.88. The molecular weight excluding hydrogens is 278 g/mol. The van der Waals surface area contributed by atoms with Crippen molar-refractivity contribution >= 4 is 12.0 Å². The second-order valence-electron chi connectivity index (χ2n) is 4.84. The van der Waals surface area contributed by atoms with Crippen LogP contribution in [0, 0.1) is 0 Å². The first-order chi connectivity index (χ1) is 10.6. The van der Waals surface area contributed by atoms with Crippen molar-refractivity contribution in [2.24, 2.45) is 0 Å². The first-order valence-corrected chi connectivity index (χ1v) is 7.06. The number of carbonyl (C=O) groups is 1. The molecule has 114 valence electrons. The van der Waals surface area contributed by atoms with Crippen molar-refractivity contribution in [2.75, 3.05) is 6.54 Å². The molecule has 2 aromatic carbocycles. The van der Waals surface area contributed by atoms with Crippen LogP contribution in [0.4, 0.5) is 0 Å². The van der Waals surface area contributed by atoms with E-state index in [9.17, 15) is 9.90 Å². The lowest BCUT2D eigenvalue weighted by Gasteiger charge is -2.09. The van der Waals surface area contributed by atoms with Gasteiger partial charge in [-0.05, 0) is 23.3 Å². The number of ether oxygens (including phenoxy) is 1. The van der Waals surface area contributed by atoms with Crippen molar-refractivity contribution in [3.8, 4) is 11.5 Å². The van der Waals surface area contributed by atoms with Crippen LogP contribution >= 0.6 is 0 Å². The minimum atomic E-state index is -0.0674. The summed E-state index contributed by atoms with van der Waals surface area (Å²) in [4.78, 5) is 10.8. The Hall–Kier alpha value is -2.75. The summed E-state index contributed by atoms with van der Waals surface area (Å²) in [5.74, 6) is 0.475. The second-order valence-corrected chi connectivity index (χ2v) is 4.84. The minimum Gasteiger partial charge on any atom is -0.504 e. The summed E-state index contributed by atoms with van der Waals surface area (Å²) in [6.07, 6.45) is 3.71. The minimum absolute atomic E-state index is 0.0674. The third kappa shape index (κ3) is 4.98. The lowest BCUT2D eigenvalue weighted by molar-refractivity contribution is -0.118. The lowest BCUT2D eigenvalue weighted by atomic mass is 10.2. The maximum absolute atomic E-state index is 10.8. The van der Waals surface area contributed by atoms with E-state index < -0.39 is 0 Å². The molecule has 0 saturated carbocycles. The van der Waals surface area contributed by atoms with Crippen molar-refractivity contribution < 1.29 is 14.6 Å². The number of phenols is 1. The Morgan fingerprint density at radius 3 is 2.73 bits per heavy atom. The molecular formula is C18H19NO3. The summed E-state index contributed by atoms with van der Waals surface area (Å²) in [5, 5.41) is 12.5. The van der Waals surface area contributed by atoms with Crippen molar-refractivity contribution in [1.82, 2.24) is 5.32 Å². The van der Waals surface area contributed by atoms with E-state index in [1.165, 1.54) is 6.92 Å². The van der Waals surface area contributed by atoms with Gasteiger partial charge in [-0.1, -0.05) is 48.6 Å². The van der Waals surface area contributed by atoms with Crippen LogP contribution in [0.2, 0.25) is 0 Å². The zero-order valence-electron chi connectivity index (χ0n) is 12.5. The number of amides is 1. The van der Waals surface area contributed by atoms with Gasteiger partial charge in [-0.25, -0.2) is 0 Å². The Balaban J connectivity index is 1.99. The quantitative estimate of drug-likeness (QED) is 0.861. The van der Waals surface area contributed by atoms with Crippen molar-refractivity contribution in [3.05, 3.63) is 65.7 Å². The second kappa shape index (κ2) is 7.88. The average molecular weight is 297 g/mol. The van der Waals surface area contributed by atoms with Crippen molar-refractivity contribution in [3.63, 3.8) is 0 Å². The number of hydrogen-bond donors (Lipinski definition) is 2. The number of benzene rings is 2. The van der Waals surface area contributed by atoms with Crippen LogP contribution in [0.15, 0.2) is 54.6 Å². The largest absolute Gasteiger partial charge is 0.504 e. The molecule has 0 aliphatic heterocycles. The maximum atomic E-state index is 10.8. The lowest BCUT2D eigenvalue weighted by Crippen LogP contribution is -2.19. The molecule has 0 radical (unpaired) electrons. The third-order valence-corrected chi connectivity index (χ3v) is 3.00. The number of nitrogens with one attached hydrogen (secondary N) is 1. The Morgan fingerprint density at radius 2 is 2.00 bits per heavy atom. The van der Waals surface area contributed by atoms with E-state index in [4.69, 9.17) is 4.74 Å². The topological polar surface area (TPSA) is 58.6 Å². The van der Waals surface area contributed by atoms with E-state index in [1.54, 1.807) is 18.2 Å². The van der Waals surface area contributed by atoms with Crippen LogP contribution in [-0.2, 0) is 11.4 Å². The highest BCUT2D eigenvalue weighted by Gasteiger charge is 2.03. The molecule has 0 fully saturated rings. The molecule has 0 bridgehead atoms. The molecule has 22 heavy (non-hydrogen) atoms. The number of rotatable bonds is 6. The van der Waals surface area contributed by atoms with Crippen LogP contribution < -0.4 is 10.1 Å². The molecule has 0 aromatic heterocycles. The summed E-state index contributed by atoms with van der Waals surface area (Å²) in [6.45, 7) is 2.34. The predicted molar refractivity (Wildman–Crippen MR) is 86.6 cm³/mol. The van der Waals surface area contributed by atoms with E-state index >= 15 is 0 Å². The van der Waals surface area contributed by atoms with E-state index in [-0.39, 0.29) is 11.7 Å². The van der Waals surface area contributed by atoms with Crippen LogP contribution in [0.25, 0.3) is 6.08 Å². The van der Waals surface area contributed by atoms with Gasteiger partial charge in [0.15, 0.2) is 11.5 Å². The molecule has 2 rings (SSSR count). The Bertz CT molecular complexity index is 651. The Morgan fingerprint density at radius 1 is 1.23 bits per heavy atom. The highest BCUT2D eigenvalue weighted by molar-refractivity contribution is 5.73. The van der Waals surface area contributed by atoms with Gasteiger partial charge in [-0.15, -0.1) is 0 Å². The summed E-state index contributed by atoms with van der Waals surface area (Å²) in [5.41, 5.74) is 1.93. The first-order valence-electron chi connectivity index (χ1n) is 7.06. The molecule has 0 spiro atoms. The normalized spacial score (nSPS) is 10.6. The van der Waals surface area contributed by atoms with Crippen molar-refractivity contribution in [1.29, 1.82) is 0 Å². The third-order valence-electron chi connectivity index (χ3n) is 3.00. The van der Waals surface area contributed by atoms with E-state index in [0.717, 1.165) is 11.1 Å². The first kappa shape index (κ1) is 15.6. The number of hydrogen-bond acceptors (Lipinski definition) is 3. The van der Waals surface area contributed by atoms with Gasteiger partial charge in [0.05, 0.1) is 0 Å². The monoisotopic (exact) mass is 297 g/mol. The molecule has 0 atom stereocenters. The Kier molecular flexibility index (Phi) is 5.60. The Labute approximate surface area is 130 Å². The molecule has 0 aliphatic rings. The summed E-state index contributed by atoms with van der Waals surface area (Å²) in [6, 6.07) is 14.9. The summed E-state index contributed by atoms with van der Waals surface area (Å²) >= 11 is 0.